The van der Waals surface area contributed by atoms with Crippen LogP contribution in [0.1, 0.15) is 82.3 Å². The van der Waals surface area contributed by atoms with Gasteiger partial charge in [-0.2, -0.15) is 4.98 Å². The highest BCUT2D eigenvalue weighted by Gasteiger charge is 2.46. The molecule has 1 spiro atoms. The van der Waals surface area contributed by atoms with Gasteiger partial charge in [0.1, 0.15) is 17.0 Å². The van der Waals surface area contributed by atoms with Crippen LogP contribution in [-0.4, -0.2) is 41.2 Å². The minimum Gasteiger partial charge on any atom is -0.474 e. The molecule has 176 valence electrons. The van der Waals surface area contributed by atoms with Crippen LogP contribution in [0.2, 0.25) is 5.15 Å². The van der Waals surface area contributed by atoms with Gasteiger partial charge in [0.2, 0.25) is 17.5 Å². The van der Waals surface area contributed by atoms with Gasteiger partial charge in [-0.15, -0.1) is 0 Å². The maximum Gasteiger partial charge on any atom is 0.228 e. The van der Waals surface area contributed by atoms with Crippen molar-refractivity contribution in [3.8, 4) is 5.88 Å². The number of carbonyl (C=O) groups is 2. The summed E-state index contributed by atoms with van der Waals surface area (Å²) >= 11 is 6.21. The Labute approximate surface area is 195 Å². The number of rotatable bonds is 9. The Morgan fingerprint density at radius 1 is 1.25 bits per heavy atom. The smallest absolute Gasteiger partial charge is 0.228 e. The molecule has 0 radical (unpaired) electrons. The van der Waals surface area contributed by atoms with Crippen LogP contribution in [0, 0.1) is 11.3 Å². The summed E-state index contributed by atoms with van der Waals surface area (Å²) in [7, 11) is 1.94. The van der Waals surface area contributed by atoms with Crippen LogP contribution in [-0.2, 0) is 4.79 Å². The first-order valence-corrected chi connectivity index (χ1v) is 12.1. The van der Waals surface area contributed by atoms with Crippen molar-refractivity contribution in [3.05, 3.63) is 28.3 Å². The number of carbonyl (C=O) groups excluding carboxylic acids is 2. The average Bonchev–Trinajstić information content (AvgIpc) is 2.76. The fourth-order valence-electron chi connectivity index (χ4n) is 4.84. The number of Topliss-reactive ketones (excluding diaryl/α,β-unsaturated/α-hetero) is 2. The SMILES string of the molecule is CNCCC[C@H](C)[C@H](C)Oc1cc(Cl)nc(C(=O)C2=C(N)[C@]3(CCCCC3=O)CCC2)n1. The molecule has 32 heavy (non-hydrogen) atoms. The maximum absolute atomic E-state index is 13.3. The summed E-state index contributed by atoms with van der Waals surface area (Å²) in [5.74, 6) is 0.357. The third-order valence-electron chi connectivity index (χ3n) is 7.00. The second-order valence-corrected chi connectivity index (χ2v) is 9.57. The number of halogens is 1. The number of nitrogens with one attached hydrogen (secondary N) is 1. The van der Waals surface area contributed by atoms with E-state index in [1.54, 1.807) is 0 Å². The fraction of sp³-hybridized carbons (Fsp3) is 0.667. The first kappa shape index (κ1) is 24.6. The molecule has 0 unspecified atom stereocenters. The van der Waals surface area contributed by atoms with E-state index in [1.165, 1.54) is 6.07 Å². The second-order valence-electron chi connectivity index (χ2n) is 9.19. The zero-order valence-corrected chi connectivity index (χ0v) is 20.1. The molecule has 0 saturated heterocycles. The number of hydrogen-bond donors (Lipinski definition) is 2. The van der Waals surface area contributed by atoms with Crippen LogP contribution >= 0.6 is 11.6 Å². The van der Waals surface area contributed by atoms with E-state index >= 15 is 0 Å². The first-order valence-electron chi connectivity index (χ1n) is 11.7. The van der Waals surface area contributed by atoms with Gasteiger partial charge in [0.15, 0.2) is 0 Å². The lowest BCUT2D eigenvalue weighted by Gasteiger charge is -2.40. The lowest BCUT2D eigenvalue weighted by Crippen LogP contribution is -2.42. The van der Waals surface area contributed by atoms with Gasteiger partial charge in [-0.05, 0) is 71.4 Å². The molecule has 3 rings (SSSR count). The molecular formula is C24H35ClN4O3. The van der Waals surface area contributed by atoms with Gasteiger partial charge in [-0.3, -0.25) is 9.59 Å². The third kappa shape index (κ3) is 5.31. The predicted molar refractivity (Wildman–Crippen MR) is 125 cm³/mol. The molecule has 2 aliphatic carbocycles. The van der Waals surface area contributed by atoms with Gasteiger partial charge >= 0.3 is 0 Å². The van der Waals surface area contributed by atoms with E-state index in [1.807, 2.05) is 14.0 Å². The number of nitrogens with zero attached hydrogens (tertiary/aromatic N) is 2. The number of allylic oxidation sites excluding steroid dienone is 2. The van der Waals surface area contributed by atoms with E-state index in [0.29, 0.717) is 42.9 Å². The maximum atomic E-state index is 13.3. The molecular weight excluding hydrogens is 428 g/mol. The molecule has 0 aromatic carbocycles. The molecule has 2 aliphatic rings. The normalized spacial score (nSPS) is 23.3. The topological polar surface area (TPSA) is 107 Å². The van der Waals surface area contributed by atoms with Crippen LogP contribution < -0.4 is 15.8 Å². The predicted octanol–water partition coefficient (Wildman–Crippen LogP) is 4.24. The highest BCUT2D eigenvalue weighted by Crippen LogP contribution is 2.47. The van der Waals surface area contributed by atoms with Crippen molar-refractivity contribution in [1.29, 1.82) is 0 Å². The Kier molecular flexibility index (Phi) is 8.28. The summed E-state index contributed by atoms with van der Waals surface area (Å²) in [6.07, 6.45) is 7.01. The summed E-state index contributed by atoms with van der Waals surface area (Å²) in [6, 6.07) is 1.53. The number of aromatic nitrogens is 2. The molecule has 7 nitrogen and oxygen atoms in total. The second kappa shape index (κ2) is 10.8. The lowest BCUT2D eigenvalue weighted by molar-refractivity contribution is -0.129. The zero-order valence-electron chi connectivity index (χ0n) is 19.4. The van der Waals surface area contributed by atoms with Crippen molar-refractivity contribution >= 4 is 23.2 Å². The van der Waals surface area contributed by atoms with Crippen molar-refractivity contribution in [2.45, 2.75) is 77.7 Å². The summed E-state index contributed by atoms with van der Waals surface area (Å²) in [5, 5.41) is 3.29. The largest absolute Gasteiger partial charge is 0.474 e. The summed E-state index contributed by atoms with van der Waals surface area (Å²) in [6.45, 7) is 5.07. The van der Waals surface area contributed by atoms with Crippen LogP contribution in [0.5, 0.6) is 5.88 Å². The summed E-state index contributed by atoms with van der Waals surface area (Å²) < 4.78 is 6.01. The van der Waals surface area contributed by atoms with Crippen molar-refractivity contribution < 1.29 is 14.3 Å². The molecule has 0 amide bonds. The Morgan fingerprint density at radius 2 is 2.00 bits per heavy atom. The number of nitrogens with two attached hydrogens (primary N) is 1. The molecule has 1 fully saturated rings. The molecule has 1 aromatic heterocycles. The third-order valence-corrected chi connectivity index (χ3v) is 7.20. The molecule has 1 saturated carbocycles. The number of ether oxygens (including phenoxy) is 1. The van der Waals surface area contributed by atoms with E-state index in [9.17, 15) is 9.59 Å². The minimum absolute atomic E-state index is 0.0270. The number of hydrogen-bond acceptors (Lipinski definition) is 7. The van der Waals surface area contributed by atoms with Gasteiger partial charge in [-0.1, -0.05) is 24.9 Å². The van der Waals surface area contributed by atoms with Crippen molar-refractivity contribution in [2.75, 3.05) is 13.6 Å². The van der Waals surface area contributed by atoms with Gasteiger partial charge in [-0.25, -0.2) is 4.98 Å². The quantitative estimate of drug-likeness (QED) is 0.321. The van der Waals surface area contributed by atoms with Crippen molar-refractivity contribution in [2.24, 2.45) is 17.1 Å². The lowest BCUT2D eigenvalue weighted by atomic mass is 9.64. The van der Waals surface area contributed by atoms with E-state index in [0.717, 1.165) is 38.6 Å². The monoisotopic (exact) mass is 462 g/mol. The first-order chi connectivity index (χ1) is 15.3. The van der Waals surface area contributed by atoms with Gasteiger partial charge < -0.3 is 15.8 Å². The van der Waals surface area contributed by atoms with Gasteiger partial charge in [0, 0.05) is 23.8 Å². The standard InChI is InChI=1S/C24H35ClN4O3/c1-15(8-7-13-27-3)16(2)32-20-14-19(25)28-23(29-20)21(31)17-9-6-12-24(22(17)26)11-5-4-10-18(24)30/h14-16,27H,4-13,26H2,1-3H3/t15-,16-,24+/m0/s1. The van der Waals surface area contributed by atoms with E-state index in [-0.39, 0.29) is 34.5 Å². The minimum atomic E-state index is -0.698. The van der Waals surface area contributed by atoms with E-state index < -0.39 is 5.41 Å². The Bertz CT molecular complexity index is 888. The molecule has 0 bridgehead atoms. The van der Waals surface area contributed by atoms with Crippen molar-refractivity contribution in [3.63, 3.8) is 0 Å². The molecule has 0 aliphatic heterocycles. The molecule has 8 heteroatoms. The van der Waals surface area contributed by atoms with Crippen LogP contribution in [0.4, 0.5) is 0 Å². The number of ketones is 2. The molecule has 1 aromatic rings. The molecule has 3 atom stereocenters. The van der Waals surface area contributed by atoms with Crippen LogP contribution in [0.15, 0.2) is 17.3 Å². The Morgan fingerprint density at radius 3 is 2.72 bits per heavy atom. The Balaban J connectivity index is 1.81. The zero-order chi connectivity index (χ0) is 23.3. The van der Waals surface area contributed by atoms with Gasteiger partial charge in [0.25, 0.3) is 0 Å². The molecule has 3 N–H and O–H groups in total. The fourth-order valence-corrected chi connectivity index (χ4v) is 5.01. The summed E-state index contributed by atoms with van der Waals surface area (Å²) in [4.78, 5) is 34.6. The average molecular weight is 463 g/mol. The highest BCUT2D eigenvalue weighted by atomic mass is 35.5. The summed E-state index contributed by atoms with van der Waals surface area (Å²) in [5.41, 5.74) is 6.65. The van der Waals surface area contributed by atoms with Crippen LogP contribution in [0.3, 0.4) is 0 Å². The van der Waals surface area contributed by atoms with E-state index in [2.05, 4.69) is 22.2 Å². The molecule has 1 heterocycles. The van der Waals surface area contributed by atoms with Gasteiger partial charge in [0.05, 0.1) is 5.41 Å². The van der Waals surface area contributed by atoms with E-state index in [4.69, 9.17) is 22.1 Å². The Hall–Kier alpha value is -1.99. The van der Waals surface area contributed by atoms with Crippen LogP contribution in [0.25, 0.3) is 0 Å². The highest BCUT2D eigenvalue weighted by molar-refractivity contribution is 6.29. The van der Waals surface area contributed by atoms with Crippen molar-refractivity contribution in [1.82, 2.24) is 15.3 Å².